The summed E-state index contributed by atoms with van der Waals surface area (Å²) in [6.45, 7) is 5.10. The molecule has 1 fully saturated rings. The molecule has 0 aromatic heterocycles. The molecular formula is C15H21NO3. The molecule has 1 heterocycles. The number of rotatable bonds is 5. The largest absolute Gasteiger partial charge is 0.481 e. The van der Waals surface area contributed by atoms with Crippen molar-refractivity contribution in [3.63, 3.8) is 0 Å². The number of aryl methyl sites for hydroxylation is 1. The molecule has 4 heteroatoms. The van der Waals surface area contributed by atoms with Gasteiger partial charge in [0.15, 0.2) is 6.10 Å². The van der Waals surface area contributed by atoms with Crippen LogP contribution >= 0.6 is 0 Å². The predicted molar refractivity (Wildman–Crippen MR) is 73.3 cm³/mol. The maximum Gasteiger partial charge on any atom is 0.260 e. The molecule has 1 amide bonds. The van der Waals surface area contributed by atoms with Crippen LogP contribution in [0.5, 0.6) is 5.75 Å². The molecule has 19 heavy (non-hydrogen) atoms. The summed E-state index contributed by atoms with van der Waals surface area (Å²) in [6.07, 6.45) is 1.76. The van der Waals surface area contributed by atoms with Gasteiger partial charge in [-0.25, -0.2) is 0 Å². The van der Waals surface area contributed by atoms with E-state index in [2.05, 4.69) is 5.32 Å². The monoisotopic (exact) mass is 263 g/mol. The fraction of sp³-hybridized carbons (Fsp3) is 0.533. The van der Waals surface area contributed by atoms with Gasteiger partial charge < -0.3 is 14.8 Å². The minimum Gasteiger partial charge on any atom is -0.481 e. The highest BCUT2D eigenvalue weighted by Gasteiger charge is 2.19. The number of carbonyl (C=O) groups excluding carboxylic acids is 1. The zero-order valence-electron chi connectivity index (χ0n) is 11.5. The van der Waals surface area contributed by atoms with Gasteiger partial charge in [-0.3, -0.25) is 4.79 Å². The van der Waals surface area contributed by atoms with Crippen molar-refractivity contribution in [1.29, 1.82) is 0 Å². The summed E-state index contributed by atoms with van der Waals surface area (Å²) in [5.74, 6) is 0.654. The first kappa shape index (κ1) is 13.9. The van der Waals surface area contributed by atoms with E-state index in [0.717, 1.165) is 30.8 Å². The van der Waals surface area contributed by atoms with Crippen molar-refractivity contribution in [3.8, 4) is 5.75 Å². The lowest BCUT2D eigenvalue weighted by molar-refractivity contribution is -0.127. The molecule has 4 nitrogen and oxygen atoms in total. The first-order valence-corrected chi connectivity index (χ1v) is 6.78. The molecule has 1 aliphatic heterocycles. The van der Waals surface area contributed by atoms with Gasteiger partial charge in [0.2, 0.25) is 0 Å². The lowest BCUT2D eigenvalue weighted by Crippen LogP contribution is -2.40. The summed E-state index contributed by atoms with van der Waals surface area (Å²) in [6, 6.07) is 7.69. The number of para-hydroxylation sites is 1. The fourth-order valence-corrected chi connectivity index (χ4v) is 2.10. The average Bonchev–Trinajstić information content (AvgIpc) is 2.91. The first-order chi connectivity index (χ1) is 9.16. The van der Waals surface area contributed by atoms with E-state index in [1.165, 1.54) is 0 Å². The topological polar surface area (TPSA) is 47.6 Å². The third-order valence-corrected chi connectivity index (χ3v) is 3.29. The number of amides is 1. The van der Waals surface area contributed by atoms with Gasteiger partial charge in [0.25, 0.3) is 5.91 Å². The van der Waals surface area contributed by atoms with Gasteiger partial charge in [-0.15, -0.1) is 0 Å². The van der Waals surface area contributed by atoms with Gasteiger partial charge in [0.1, 0.15) is 5.75 Å². The van der Waals surface area contributed by atoms with Crippen molar-refractivity contribution in [2.75, 3.05) is 13.2 Å². The number of hydrogen-bond acceptors (Lipinski definition) is 3. The Labute approximate surface area is 114 Å². The number of nitrogens with one attached hydrogen (secondary N) is 1. The van der Waals surface area contributed by atoms with Crippen LogP contribution in [-0.2, 0) is 9.53 Å². The Morgan fingerprint density at radius 2 is 2.32 bits per heavy atom. The fourth-order valence-electron chi connectivity index (χ4n) is 2.10. The number of hydrogen-bond donors (Lipinski definition) is 1. The Morgan fingerprint density at radius 3 is 3.00 bits per heavy atom. The van der Waals surface area contributed by atoms with Crippen molar-refractivity contribution in [1.82, 2.24) is 5.32 Å². The van der Waals surface area contributed by atoms with Crippen LogP contribution in [0.4, 0.5) is 0 Å². The summed E-state index contributed by atoms with van der Waals surface area (Å²) in [5, 5.41) is 2.88. The van der Waals surface area contributed by atoms with Crippen molar-refractivity contribution in [3.05, 3.63) is 29.8 Å². The van der Waals surface area contributed by atoms with Gasteiger partial charge in [-0.2, -0.15) is 0 Å². The number of ether oxygens (including phenoxy) is 2. The number of benzene rings is 1. The summed E-state index contributed by atoms with van der Waals surface area (Å²) in [5.41, 5.74) is 1.03. The number of carbonyl (C=O) groups is 1. The second-order valence-electron chi connectivity index (χ2n) is 4.91. The van der Waals surface area contributed by atoms with Gasteiger partial charge in [0, 0.05) is 13.2 Å². The smallest absolute Gasteiger partial charge is 0.260 e. The molecule has 1 saturated heterocycles. The van der Waals surface area contributed by atoms with Crippen LogP contribution in [0.25, 0.3) is 0 Å². The lowest BCUT2D eigenvalue weighted by Gasteiger charge is -2.17. The predicted octanol–water partition coefficient (Wildman–Crippen LogP) is 2.06. The second kappa shape index (κ2) is 6.57. The third kappa shape index (κ3) is 3.96. The molecule has 0 aliphatic carbocycles. The molecule has 2 atom stereocenters. The molecule has 1 aromatic rings. The van der Waals surface area contributed by atoms with E-state index in [9.17, 15) is 4.79 Å². The quantitative estimate of drug-likeness (QED) is 0.884. The summed E-state index contributed by atoms with van der Waals surface area (Å²) in [7, 11) is 0. The van der Waals surface area contributed by atoms with E-state index in [0.29, 0.717) is 6.54 Å². The minimum atomic E-state index is -0.498. The van der Waals surface area contributed by atoms with E-state index < -0.39 is 6.10 Å². The van der Waals surface area contributed by atoms with Crippen LogP contribution in [0.15, 0.2) is 24.3 Å². The Bertz CT molecular complexity index is 427. The van der Waals surface area contributed by atoms with E-state index >= 15 is 0 Å². The van der Waals surface area contributed by atoms with E-state index in [-0.39, 0.29) is 12.0 Å². The van der Waals surface area contributed by atoms with Crippen molar-refractivity contribution >= 4 is 5.91 Å². The highest BCUT2D eigenvalue weighted by atomic mass is 16.5. The molecule has 0 spiro atoms. The molecule has 0 bridgehead atoms. The molecule has 0 saturated carbocycles. The van der Waals surface area contributed by atoms with Crippen LogP contribution < -0.4 is 10.1 Å². The van der Waals surface area contributed by atoms with Crippen molar-refractivity contribution in [2.45, 2.75) is 38.9 Å². The van der Waals surface area contributed by atoms with Gasteiger partial charge in [-0.05, 0) is 38.3 Å². The summed E-state index contributed by atoms with van der Waals surface area (Å²) >= 11 is 0. The van der Waals surface area contributed by atoms with Gasteiger partial charge >= 0.3 is 0 Å². The van der Waals surface area contributed by atoms with E-state index in [1.807, 2.05) is 31.2 Å². The van der Waals surface area contributed by atoms with Crippen LogP contribution in [0.1, 0.15) is 25.3 Å². The standard InChI is InChI=1S/C15H21NO3/c1-11-6-3-4-8-14(11)19-12(2)15(17)16-10-13-7-5-9-18-13/h3-4,6,8,12-13H,5,7,9-10H2,1-2H3,(H,16,17)/t12-,13+/m1/s1. The van der Waals surface area contributed by atoms with Gasteiger partial charge in [-0.1, -0.05) is 18.2 Å². The summed E-state index contributed by atoms with van der Waals surface area (Å²) < 4.78 is 11.1. The van der Waals surface area contributed by atoms with Crippen molar-refractivity contribution < 1.29 is 14.3 Å². The molecule has 0 unspecified atom stereocenters. The Morgan fingerprint density at radius 1 is 1.53 bits per heavy atom. The molecule has 1 aliphatic rings. The average molecular weight is 263 g/mol. The molecule has 1 aromatic carbocycles. The Kier molecular flexibility index (Phi) is 4.80. The Balaban J connectivity index is 1.80. The first-order valence-electron chi connectivity index (χ1n) is 6.78. The SMILES string of the molecule is Cc1ccccc1O[C@H](C)C(=O)NC[C@@H]1CCCO1. The minimum absolute atomic E-state index is 0.0984. The van der Waals surface area contributed by atoms with Crippen LogP contribution in [-0.4, -0.2) is 31.3 Å². The maximum absolute atomic E-state index is 11.9. The zero-order valence-corrected chi connectivity index (χ0v) is 11.5. The van der Waals surface area contributed by atoms with E-state index in [4.69, 9.17) is 9.47 Å². The molecule has 1 N–H and O–H groups in total. The third-order valence-electron chi connectivity index (χ3n) is 3.29. The lowest BCUT2D eigenvalue weighted by atomic mass is 10.2. The molecule has 0 radical (unpaired) electrons. The Hall–Kier alpha value is -1.55. The summed E-state index contributed by atoms with van der Waals surface area (Å²) in [4.78, 5) is 11.9. The molecular weight excluding hydrogens is 242 g/mol. The maximum atomic E-state index is 11.9. The molecule has 104 valence electrons. The normalized spacial score (nSPS) is 20.0. The van der Waals surface area contributed by atoms with Gasteiger partial charge in [0.05, 0.1) is 6.10 Å². The zero-order chi connectivity index (χ0) is 13.7. The highest BCUT2D eigenvalue weighted by molar-refractivity contribution is 5.80. The second-order valence-corrected chi connectivity index (χ2v) is 4.91. The van der Waals surface area contributed by atoms with E-state index in [1.54, 1.807) is 6.92 Å². The van der Waals surface area contributed by atoms with Crippen LogP contribution in [0, 0.1) is 6.92 Å². The van der Waals surface area contributed by atoms with Crippen LogP contribution in [0.2, 0.25) is 0 Å². The molecule has 2 rings (SSSR count). The van der Waals surface area contributed by atoms with Crippen LogP contribution in [0.3, 0.4) is 0 Å². The highest BCUT2D eigenvalue weighted by Crippen LogP contribution is 2.17. The van der Waals surface area contributed by atoms with Crippen molar-refractivity contribution in [2.24, 2.45) is 0 Å².